The van der Waals surface area contributed by atoms with Crippen molar-refractivity contribution >= 4 is 11.6 Å². The predicted molar refractivity (Wildman–Crippen MR) is 37.9 cm³/mol. The molecule has 0 atom stereocenters. The van der Waals surface area contributed by atoms with Crippen molar-refractivity contribution in [2.75, 3.05) is 5.88 Å². The average Bonchev–Trinajstić information content (AvgIpc) is 1.81. The normalized spacial score (nSPS) is 7.12. The second-order valence-corrected chi connectivity index (χ2v) is 1.70. The van der Waals surface area contributed by atoms with Crippen LogP contribution in [0.2, 0.25) is 0 Å². The van der Waals surface area contributed by atoms with Crippen molar-refractivity contribution in [2.24, 2.45) is 0 Å². The minimum absolute atomic E-state index is 0.700. The first-order valence-electron chi connectivity index (χ1n) is 2.57. The molecule has 0 unspecified atom stereocenters. The van der Waals surface area contributed by atoms with Crippen LogP contribution in [-0.2, 0) is 0 Å². The summed E-state index contributed by atoms with van der Waals surface area (Å²) in [6.45, 7) is 3.45. The third kappa shape index (κ3) is 5.59. The Kier molecular flexibility index (Phi) is 6.25. The van der Waals surface area contributed by atoms with Gasteiger partial charge in [-0.2, -0.15) is 0 Å². The topological polar surface area (TPSA) is 0 Å². The van der Waals surface area contributed by atoms with Crippen LogP contribution in [0.4, 0.5) is 0 Å². The van der Waals surface area contributed by atoms with E-state index in [1.54, 1.807) is 6.08 Å². The van der Waals surface area contributed by atoms with E-state index in [1.807, 2.05) is 0 Å². The van der Waals surface area contributed by atoms with Gasteiger partial charge in [-0.3, -0.25) is 0 Å². The van der Waals surface area contributed by atoms with Gasteiger partial charge in [-0.05, 0) is 12.5 Å². The first-order valence-corrected chi connectivity index (χ1v) is 3.10. The maximum atomic E-state index is 5.39. The molecule has 0 bridgehead atoms. The number of unbranched alkanes of at least 4 members (excludes halogenated alkanes) is 1. The Hall–Kier alpha value is -0.410. The fourth-order valence-electron chi connectivity index (χ4n) is 0.300. The van der Waals surface area contributed by atoms with Gasteiger partial charge in [0, 0.05) is 12.3 Å². The second-order valence-electron chi connectivity index (χ2n) is 1.32. The Balaban J connectivity index is 3.02. The molecule has 8 heavy (non-hydrogen) atoms. The number of rotatable bonds is 2. The highest BCUT2D eigenvalue weighted by Gasteiger charge is 1.74. The lowest BCUT2D eigenvalue weighted by Crippen LogP contribution is -1.69. The van der Waals surface area contributed by atoms with Gasteiger partial charge in [0.1, 0.15) is 0 Å². The van der Waals surface area contributed by atoms with Gasteiger partial charge < -0.3 is 0 Å². The number of halogens is 1. The van der Waals surface area contributed by atoms with Crippen molar-refractivity contribution in [3.8, 4) is 11.8 Å². The van der Waals surface area contributed by atoms with Crippen molar-refractivity contribution in [1.82, 2.24) is 0 Å². The summed E-state index contributed by atoms with van der Waals surface area (Å²) >= 11 is 5.39. The Labute approximate surface area is 55.5 Å². The SMILES string of the molecule is C=CC#CCCCCl. The Morgan fingerprint density at radius 1 is 1.62 bits per heavy atom. The largest absolute Gasteiger partial charge is 0.127 e. The lowest BCUT2D eigenvalue weighted by Gasteiger charge is -1.79. The molecule has 0 aliphatic rings. The highest BCUT2D eigenvalue weighted by molar-refractivity contribution is 6.17. The number of hydrogen-bond donors (Lipinski definition) is 0. The van der Waals surface area contributed by atoms with E-state index >= 15 is 0 Å². The molecule has 44 valence electrons. The van der Waals surface area contributed by atoms with E-state index in [0.717, 1.165) is 12.8 Å². The molecule has 0 aromatic heterocycles. The van der Waals surface area contributed by atoms with E-state index < -0.39 is 0 Å². The Morgan fingerprint density at radius 3 is 2.88 bits per heavy atom. The first kappa shape index (κ1) is 7.59. The Morgan fingerprint density at radius 2 is 2.38 bits per heavy atom. The zero-order chi connectivity index (χ0) is 6.24. The summed E-state index contributed by atoms with van der Waals surface area (Å²) < 4.78 is 0. The highest BCUT2D eigenvalue weighted by Crippen LogP contribution is 1.87. The minimum Gasteiger partial charge on any atom is -0.127 e. The van der Waals surface area contributed by atoms with Crippen LogP contribution in [0.3, 0.4) is 0 Å². The minimum atomic E-state index is 0.700. The van der Waals surface area contributed by atoms with Crippen LogP contribution >= 0.6 is 11.6 Å². The summed E-state index contributed by atoms with van der Waals surface area (Å²) in [5, 5.41) is 0. The predicted octanol–water partition coefficient (Wildman–Crippen LogP) is 2.19. The molecule has 1 heteroatoms. The van der Waals surface area contributed by atoms with Gasteiger partial charge in [0.2, 0.25) is 0 Å². The zero-order valence-corrected chi connectivity index (χ0v) is 5.54. The number of hydrogen-bond acceptors (Lipinski definition) is 0. The van der Waals surface area contributed by atoms with Crippen LogP contribution in [0, 0.1) is 11.8 Å². The van der Waals surface area contributed by atoms with Gasteiger partial charge in [-0.15, -0.1) is 11.6 Å². The lowest BCUT2D eigenvalue weighted by atomic mass is 10.3. The van der Waals surface area contributed by atoms with Crippen molar-refractivity contribution in [3.63, 3.8) is 0 Å². The maximum absolute atomic E-state index is 5.39. The molecule has 0 spiro atoms. The van der Waals surface area contributed by atoms with Gasteiger partial charge in [-0.25, -0.2) is 0 Å². The summed E-state index contributed by atoms with van der Waals surface area (Å²) in [4.78, 5) is 0. The molecular formula is C7H9Cl. The van der Waals surface area contributed by atoms with E-state index in [9.17, 15) is 0 Å². The second kappa shape index (κ2) is 6.59. The molecule has 0 aliphatic carbocycles. The third-order valence-electron chi connectivity index (χ3n) is 0.640. The van der Waals surface area contributed by atoms with Crippen molar-refractivity contribution in [2.45, 2.75) is 12.8 Å². The van der Waals surface area contributed by atoms with Crippen LogP contribution in [-0.4, -0.2) is 5.88 Å². The van der Waals surface area contributed by atoms with Crippen LogP contribution in [0.15, 0.2) is 12.7 Å². The molecule has 0 amide bonds. The summed E-state index contributed by atoms with van der Waals surface area (Å²) in [5.74, 6) is 6.32. The van der Waals surface area contributed by atoms with Crippen LogP contribution in [0.1, 0.15) is 12.8 Å². The van der Waals surface area contributed by atoms with E-state index in [-0.39, 0.29) is 0 Å². The molecule has 0 fully saturated rings. The molecule has 0 aromatic carbocycles. The maximum Gasteiger partial charge on any atom is 0.0232 e. The Bertz CT molecular complexity index is 105. The standard InChI is InChI=1S/C7H9Cl/c1-2-3-4-5-6-7-8/h2H,1,5-7H2. The molecule has 0 N–H and O–H groups in total. The quantitative estimate of drug-likeness (QED) is 0.304. The monoisotopic (exact) mass is 128 g/mol. The van der Waals surface area contributed by atoms with E-state index in [2.05, 4.69) is 18.4 Å². The molecular weight excluding hydrogens is 120 g/mol. The van der Waals surface area contributed by atoms with E-state index in [4.69, 9.17) is 11.6 Å². The van der Waals surface area contributed by atoms with Gasteiger partial charge in [-0.1, -0.05) is 18.4 Å². The van der Waals surface area contributed by atoms with Gasteiger partial charge in [0.15, 0.2) is 0 Å². The van der Waals surface area contributed by atoms with Crippen molar-refractivity contribution in [1.29, 1.82) is 0 Å². The van der Waals surface area contributed by atoms with Gasteiger partial charge in [0.05, 0.1) is 0 Å². The number of allylic oxidation sites excluding steroid dienone is 1. The molecule has 0 radical (unpaired) electrons. The van der Waals surface area contributed by atoms with Crippen LogP contribution < -0.4 is 0 Å². The summed E-state index contributed by atoms with van der Waals surface area (Å²) in [7, 11) is 0. The fraction of sp³-hybridized carbons (Fsp3) is 0.429. The van der Waals surface area contributed by atoms with Gasteiger partial charge >= 0.3 is 0 Å². The summed E-state index contributed by atoms with van der Waals surface area (Å²) in [6.07, 6.45) is 3.45. The molecule has 0 heterocycles. The van der Waals surface area contributed by atoms with Crippen molar-refractivity contribution in [3.05, 3.63) is 12.7 Å². The molecule has 0 saturated carbocycles. The van der Waals surface area contributed by atoms with Crippen LogP contribution in [0.25, 0.3) is 0 Å². The zero-order valence-electron chi connectivity index (χ0n) is 4.78. The molecule has 0 rings (SSSR count). The third-order valence-corrected chi connectivity index (χ3v) is 0.907. The average molecular weight is 129 g/mol. The summed E-state index contributed by atoms with van der Waals surface area (Å²) in [6, 6.07) is 0. The summed E-state index contributed by atoms with van der Waals surface area (Å²) in [5.41, 5.74) is 0. The molecule has 0 aliphatic heterocycles. The van der Waals surface area contributed by atoms with Gasteiger partial charge in [0.25, 0.3) is 0 Å². The lowest BCUT2D eigenvalue weighted by molar-refractivity contribution is 0.992. The number of alkyl halides is 1. The van der Waals surface area contributed by atoms with E-state index in [0.29, 0.717) is 5.88 Å². The molecule has 0 aromatic rings. The molecule has 0 nitrogen and oxygen atoms in total. The molecule has 0 saturated heterocycles. The fourth-order valence-corrected chi connectivity index (χ4v) is 0.433. The smallest absolute Gasteiger partial charge is 0.0232 e. The highest BCUT2D eigenvalue weighted by atomic mass is 35.5. The van der Waals surface area contributed by atoms with Crippen LogP contribution in [0.5, 0.6) is 0 Å². The van der Waals surface area contributed by atoms with Crippen molar-refractivity contribution < 1.29 is 0 Å². The van der Waals surface area contributed by atoms with E-state index in [1.165, 1.54) is 0 Å². The first-order chi connectivity index (χ1) is 3.91.